The van der Waals surface area contributed by atoms with E-state index in [0.29, 0.717) is 12.3 Å². The van der Waals surface area contributed by atoms with Crippen molar-refractivity contribution in [2.45, 2.75) is 45.3 Å². The van der Waals surface area contributed by atoms with Gasteiger partial charge in [0.25, 0.3) is 0 Å². The molecule has 1 aliphatic rings. The maximum atomic E-state index is 12.9. The maximum Gasteiger partial charge on any atom is 0.419 e. The van der Waals surface area contributed by atoms with Crippen LogP contribution >= 0.6 is 0 Å². The number of para-hydroxylation sites is 1. The molecule has 0 aromatic heterocycles. The lowest BCUT2D eigenvalue weighted by atomic mass is 9.84. The Kier molecular flexibility index (Phi) is 7.32. The molecule has 2 unspecified atom stereocenters. The Morgan fingerprint density at radius 2 is 1.92 bits per heavy atom. The largest absolute Gasteiger partial charge is 0.491 e. The Balaban J connectivity index is 1.80. The Morgan fingerprint density at radius 1 is 1.27 bits per heavy atom. The molecule has 0 spiro atoms. The monoisotopic (exact) mass is 372 g/mol. The molecule has 2 N–H and O–H groups in total. The van der Waals surface area contributed by atoms with Crippen molar-refractivity contribution < 1.29 is 22.7 Å². The first-order valence-corrected chi connectivity index (χ1v) is 9.06. The van der Waals surface area contributed by atoms with Gasteiger partial charge in [0, 0.05) is 6.42 Å². The third-order valence-corrected chi connectivity index (χ3v) is 4.78. The Bertz CT molecular complexity index is 586. The zero-order chi connectivity index (χ0) is 19.2. The van der Waals surface area contributed by atoms with Gasteiger partial charge in [-0.3, -0.25) is 4.79 Å². The normalized spacial score (nSPS) is 18.2. The number of piperidine rings is 1. The molecular weight excluding hydrogens is 345 g/mol. The molecule has 1 aromatic rings. The molecule has 1 heterocycles. The molecule has 0 radical (unpaired) electrons. The molecule has 0 aliphatic carbocycles. The van der Waals surface area contributed by atoms with Crippen LogP contribution in [0.2, 0.25) is 0 Å². The van der Waals surface area contributed by atoms with E-state index in [1.807, 2.05) is 0 Å². The van der Waals surface area contributed by atoms with Crippen LogP contribution in [0.25, 0.3) is 0 Å². The van der Waals surface area contributed by atoms with Crippen LogP contribution in [0.4, 0.5) is 13.2 Å². The van der Waals surface area contributed by atoms with E-state index in [-0.39, 0.29) is 30.2 Å². The molecule has 26 heavy (non-hydrogen) atoms. The smallest absolute Gasteiger partial charge is 0.419 e. The third-order valence-electron chi connectivity index (χ3n) is 4.78. The third kappa shape index (κ3) is 6.20. The van der Waals surface area contributed by atoms with Gasteiger partial charge >= 0.3 is 6.18 Å². The van der Waals surface area contributed by atoms with Crippen molar-refractivity contribution in [1.82, 2.24) is 10.6 Å². The van der Waals surface area contributed by atoms with Crippen LogP contribution in [-0.2, 0) is 11.0 Å². The number of rotatable bonds is 7. The van der Waals surface area contributed by atoms with Crippen LogP contribution in [-0.4, -0.2) is 31.6 Å². The molecule has 7 heteroatoms. The summed E-state index contributed by atoms with van der Waals surface area (Å²) in [6.45, 7) is 5.76. The van der Waals surface area contributed by atoms with E-state index in [1.165, 1.54) is 18.2 Å². The Hall–Kier alpha value is -1.76. The Labute approximate surface area is 152 Å². The van der Waals surface area contributed by atoms with Crippen molar-refractivity contribution in [2.75, 3.05) is 19.7 Å². The quantitative estimate of drug-likeness (QED) is 0.769. The summed E-state index contributed by atoms with van der Waals surface area (Å²) < 4.78 is 44.2. The predicted molar refractivity (Wildman–Crippen MR) is 93.9 cm³/mol. The first kappa shape index (κ1) is 20.6. The van der Waals surface area contributed by atoms with Crippen molar-refractivity contribution in [2.24, 2.45) is 11.8 Å². The number of hydrogen-bond donors (Lipinski definition) is 2. The maximum absolute atomic E-state index is 12.9. The van der Waals surface area contributed by atoms with Crippen LogP contribution in [0.5, 0.6) is 5.75 Å². The van der Waals surface area contributed by atoms with Crippen molar-refractivity contribution in [3.63, 3.8) is 0 Å². The van der Waals surface area contributed by atoms with E-state index in [1.54, 1.807) is 6.92 Å². The van der Waals surface area contributed by atoms with E-state index in [9.17, 15) is 18.0 Å². The van der Waals surface area contributed by atoms with Crippen LogP contribution in [0, 0.1) is 11.8 Å². The van der Waals surface area contributed by atoms with Crippen molar-refractivity contribution in [3.05, 3.63) is 29.8 Å². The minimum Gasteiger partial charge on any atom is -0.491 e. The molecule has 0 saturated carbocycles. The molecule has 146 valence electrons. The van der Waals surface area contributed by atoms with Gasteiger partial charge in [0.05, 0.1) is 11.6 Å². The lowest BCUT2D eigenvalue weighted by molar-refractivity contribution is -0.139. The van der Waals surface area contributed by atoms with E-state index in [4.69, 9.17) is 4.74 Å². The fraction of sp³-hybridized carbons (Fsp3) is 0.632. The fourth-order valence-corrected chi connectivity index (χ4v) is 3.29. The number of carbonyl (C=O) groups excluding carboxylic acids is 1. The fourth-order valence-electron chi connectivity index (χ4n) is 3.29. The van der Waals surface area contributed by atoms with Gasteiger partial charge in [-0.25, -0.2) is 0 Å². The first-order valence-electron chi connectivity index (χ1n) is 9.06. The van der Waals surface area contributed by atoms with Gasteiger partial charge in [-0.05, 0) is 56.8 Å². The standard InChI is InChI=1S/C19H27F3N2O2/c1-13(15-7-9-23-10-8-15)11-18(25)24-14(2)12-26-17-6-4-3-5-16(17)19(20,21)22/h3-6,13-15,23H,7-12H2,1-2H3,(H,24,25). The van der Waals surface area contributed by atoms with Gasteiger partial charge in [0.1, 0.15) is 12.4 Å². The first-order chi connectivity index (χ1) is 12.3. The second kappa shape index (κ2) is 9.26. The number of carbonyl (C=O) groups is 1. The highest BCUT2D eigenvalue weighted by Crippen LogP contribution is 2.35. The van der Waals surface area contributed by atoms with Gasteiger partial charge in [-0.1, -0.05) is 19.1 Å². The highest BCUT2D eigenvalue weighted by atomic mass is 19.4. The molecule has 1 aliphatic heterocycles. The van der Waals surface area contributed by atoms with Crippen molar-refractivity contribution in [1.29, 1.82) is 0 Å². The van der Waals surface area contributed by atoms with E-state index in [0.717, 1.165) is 32.0 Å². The van der Waals surface area contributed by atoms with Gasteiger partial charge in [-0.15, -0.1) is 0 Å². The average molecular weight is 372 g/mol. The number of ether oxygens (including phenoxy) is 1. The van der Waals surface area contributed by atoms with Gasteiger partial charge < -0.3 is 15.4 Å². The summed E-state index contributed by atoms with van der Waals surface area (Å²) in [5.74, 6) is 0.517. The molecule has 0 bridgehead atoms. The summed E-state index contributed by atoms with van der Waals surface area (Å²) in [5, 5.41) is 6.12. The molecule has 1 saturated heterocycles. The molecule has 1 aromatic carbocycles. The van der Waals surface area contributed by atoms with Crippen molar-refractivity contribution in [3.8, 4) is 5.75 Å². The molecule has 2 rings (SSSR count). The number of nitrogens with one attached hydrogen (secondary N) is 2. The minimum absolute atomic E-state index is 0.0133. The zero-order valence-corrected chi connectivity index (χ0v) is 15.2. The molecular formula is C19H27F3N2O2. The van der Waals surface area contributed by atoms with E-state index in [2.05, 4.69) is 17.6 Å². The number of amides is 1. The van der Waals surface area contributed by atoms with Crippen molar-refractivity contribution >= 4 is 5.91 Å². The number of benzene rings is 1. The summed E-state index contributed by atoms with van der Waals surface area (Å²) in [6, 6.07) is 4.72. The highest BCUT2D eigenvalue weighted by molar-refractivity contribution is 5.76. The lowest BCUT2D eigenvalue weighted by Gasteiger charge is -2.28. The number of alkyl halides is 3. The average Bonchev–Trinajstić information content (AvgIpc) is 2.60. The minimum atomic E-state index is -4.46. The summed E-state index contributed by atoms with van der Waals surface area (Å²) >= 11 is 0. The second-order valence-electron chi connectivity index (χ2n) is 7.04. The van der Waals surface area contributed by atoms with Crippen LogP contribution in [0.15, 0.2) is 24.3 Å². The highest BCUT2D eigenvalue weighted by Gasteiger charge is 2.34. The number of halogens is 3. The summed E-state index contributed by atoms with van der Waals surface area (Å²) in [6.07, 6.45) is -1.90. The van der Waals surface area contributed by atoms with E-state index < -0.39 is 11.7 Å². The second-order valence-corrected chi connectivity index (χ2v) is 7.04. The lowest BCUT2D eigenvalue weighted by Crippen LogP contribution is -2.39. The van der Waals surface area contributed by atoms with Gasteiger partial charge in [-0.2, -0.15) is 13.2 Å². The molecule has 4 nitrogen and oxygen atoms in total. The zero-order valence-electron chi connectivity index (χ0n) is 15.2. The summed E-state index contributed by atoms with van der Waals surface area (Å²) in [4.78, 5) is 12.2. The van der Waals surface area contributed by atoms with E-state index >= 15 is 0 Å². The summed E-state index contributed by atoms with van der Waals surface area (Å²) in [7, 11) is 0. The molecule has 2 atom stereocenters. The van der Waals surface area contributed by atoms with Crippen LogP contribution in [0.3, 0.4) is 0 Å². The summed E-state index contributed by atoms with van der Waals surface area (Å²) in [5.41, 5.74) is -0.807. The molecule has 1 amide bonds. The Morgan fingerprint density at radius 3 is 2.58 bits per heavy atom. The number of hydrogen-bond acceptors (Lipinski definition) is 3. The predicted octanol–water partition coefficient (Wildman–Crippen LogP) is 3.61. The van der Waals surface area contributed by atoms with Gasteiger partial charge in [0.15, 0.2) is 0 Å². The SMILES string of the molecule is CC(COc1ccccc1C(F)(F)F)NC(=O)CC(C)C1CCNCC1. The van der Waals surface area contributed by atoms with Crippen LogP contribution in [0.1, 0.15) is 38.7 Å². The topological polar surface area (TPSA) is 50.4 Å². The van der Waals surface area contributed by atoms with Crippen LogP contribution < -0.4 is 15.4 Å². The molecule has 1 fully saturated rings. The van der Waals surface area contributed by atoms with Gasteiger partial charge in [0.2, 0.25) is 5.91 Å².